The van der Waals surface area contributed by atoms with Gasteiger partial charge in [-0.05, 0) is 56.2 Å². The van der Waals surface area contributed by atoms with Gasteiger partial charge in [-0.1, -0.05) is 17.4 Å². The Morgan fingerprint density at radius 3 is 2.59 bits per heavy atom. The predicted molar refractivity (Wildman–Crippen MR) is 113 cm³/mol. The van der Waals surface area contributed by atoms with Crippen molar-refractivity contribution in [1.29, 1.82) is 0 Å². The van der Waals surface area contributed by atoms with Crippen LogP contribution >= 0.6 is 11.3 Å². The van der Waals surface area contributed by atoms with Crippen LogP contribution in [0.2, 0.25) is 0 Å². The molecule has 1 N–H and O–H groups in total. The van der Waals surface area contributed by atoms with Crippen molar-refractivity contribution in [1.82, 2.24) is 9.29 Å². The molecule has 2 heterocycles. The zero-order valence-corrected chi connectivity index (χ0v) is 17.6. The molecule has 0 bridgehead atoms. The molecule has 29 heavy (non-hydrogen) atoms. The molecule has 1 amide bonds. The van der Waals surface area contributed by atoms with Gasteiger partial charge in [-0.3, -0.25) is 10.1 Å². The predicted octanol–water partition coefficient (Wildman–Crippen LogP) is 3.73. The molecule has 0 radical (unpaired) electrons. The first-order chi connectivity index (χ1) is 14.0. The number of anilines is 1. The molecule has 1 saturated heterocycles. The van der Waals surface area contributed by atoms with Gasteiger partial charge >= 0.3 is 0 Å². The van der Waals surface area contributed by atoms with Crippen LogP contribution in [-0.4, -0.2) is 43.3 Å². The van der Waals surface area contributed by atoms with Crippen molar-refractivity contribution < 1.29 is 17.9 Å². The lowest BCUT2D eigenvalue weighted by molar-refractivity contribution is 0.102. The zero-order chi connectivity index (χ0) is 20.4. The van der Waals surface area contributed by atoms with Crippen molar-refractivity contribution in [3.63, 3.8) is 0 Å². The summed E-state index contributed by atoms with van der Waals surface area (Å²) in [4.78, 5) is 17.3. The second kappa shape index (κ2) is 8.10. The van der Waals surface area contributed by atoms with Gasteiger partial charge in [-0.15, -0.1) is 0 Å². The zero-order valence-electron chi connectivity index (χ0n) is 15.9. The van der Waals surface area contributed by atoms with Crippen LogP contribution in [0, 0.1) is 0 Å². The van der Waals surface area contributed by atoms with Crippen molar-refractivity contribution in [3.05, 3.63) is 48.0 Å². The van der Waals surface area contributed by atoms with Crippen molar-refractivity contribution in [2.24, 2.45) is 0 Å². The van der Waals surface area contributed by atoms with Gasteiger partial charge in [0.2, 0.25) is 10.0 Å². The largest absolute Gasteiger partial charge is 0.492 e. The molecule has 1 aliphatic rings. The number of nitrogens with one attached hydrogen (secondary N) is 1. The maximum atomic E-state index is 12.6. The van der Waals surface area contributed by atoms with Crippen molar-refractivity contribution in [2.45, 2.75) is 24.7 Å². The first-order valence-electron chi connectivity index (χ1n) is 9.43. The molecule has 4 rings (SSSR count). The van der Waals surface area contributed by atoms with Crippen LogP contribution in [0.25, 0.3) is 10.2 Å². The van der Waals surface area contributed by atoms with Gasteiger partial charge in [-0.25, -0.2) is 13.4 Å². The third kappa shape index (κ3) is 3.98. The van der Waals surface area contributed by atoms with E-state index in [0.717, 1.165) is 17.5 Å². The van der Waals surface area contributed by atoms with Gasteiger partial charge in [0.15, 0.2) is 5.13 Å². The molecule has 0 spiro atoms. The summed E-state index contributed by atoms with van der Waals surface area (Å²) >= 11 is 1.36. The van der Waals surface area contributed by atoms with E-state index < -0.39 is 10.0 Å². The number of rotatable bonds is 6. The van der Waals surface area contributed by atoms with Crippen molar-refractivity contribution >= 4 is 42.6 Å². The minimum atomic E-state index is -3.49. The lowest BCUT2D eigenvalue weighted by Crippen LogP contribution is -2.27. The standard InChI is InChI=1S/C20H21N3O4S2/c1-2-27-16-6-5-7-17-18(16)21-20(28-17)22-19(24)14-8-10-15(11-9-14)29(25,26)23-12-3-4-13-23/h5-11H,2-4,12-13H2,1H3,(H,21,22,24). The number of carbonyl (C=O) groups is 1. The molecule has 1 aliphatic heterocycles. The summed E-state index contributed by atoms with van der Waals surface area (Å²) in [5.74, 6) is 0.338. The first kappa shape index (κ1) is 19.8. The Labute approximate surface area is 173 Å². The van der Waals surface area contributed by atoms with Crippen LogP contribution in [0.5, 0.6) is 5.75 Å². The maximum absolute atomic E-state index is 12.6. The summed E-state index contributed by atoms with van der Waals surface area (Å²) in [5.41, 5.74) is 1.08. The van der Waals surface area contributed by atoms with Crippen molar-refractivity contribution in [3.8, 4) is 5.75 Å². The summed E-state index contributed by atoms with van der Waals surface area (Å²) in [6.45, 7) is 3.53. The van der Waals surface area contributed by atoms with Crippen LogP contribution in [0.15, 0.2) is 47.4 Å². The fraction of sp³-hybridized carbons (Fsp3) is 0.300. The molecule has 0 aliphatic carbocycles. The molecule has 3 aromatic rings. The van der Waals surface area contributed by atoms with Crippen LogP contribution in [0.1, 0.15) is 30.1 Å². The van der Waals surface area contributed by atoms with Crippen molar-refractivity contribution in [2.75, 3.05) is 25.0 Å². The van der Waals surface area contributed by atoms with Gasteiger partial charge in [0.1, 0.15) is 11.3 Å². The topological polar surface area (TPSA) is 88.6 Å². The highest BCUT2D eigenvalue weighted by Gasteiger charge is 2.27. The quantitative estimate of drug-likeness (QED) is 0.642. The number of amides is 1. The number of para-hydroxylation sites is 1. The minimum Gasteiger partial charge on any atom is -0.492 e. The van der Waals surface area contributed by atoms with Crippen LogP contribution in [-0.2, 0) is 10.0 Å². The van der Waals surface area contributed by atoms with E-state index in [9.17, 15) is 13.2 Å². The van der Waals surface area contributed by atoms with E-state index in [4.69, 9.17) is 4.74 Å². The highest BCUT2D eigenvalue weighted by atomic mass is 32.2. The molecule has 0 unspecified atom stereocenters. The Bertz CT molecular complexity index is 1130. The SMILES string of the molecule is CCOc1cccc2sc(NC(=O)c3ccc(S(=O)(=O)N4CCCC4)cc3)nc12. The molecule has 1 fully saturated rings. The molecule has 7 nitrogen and oxygen atoms in total. The molecule has 2 aromatic carbocycles. The molecular formula is C20H21N3O4S2. The smallest absolute Gasteiger partial charge is 0.257 e. The van der Waals surface area contributed by atoms with E-state index in [1.165, 1.54) is 39.9 Å². The monoisotopic (exact) mass is 431 g/mol. The molecule has 9 heteroatoms. The normalized spacial score (nSPS) is 14.9. The maximum Gasteiger partial charge on any atom is 0.257 e. The average molecular weight is 432 g/mol. The number of carbonyl (C=O) groups excluding carboxylic acids is 1. The lowest BCUT2D eigenvalue weighted by Gasteiger charge is -2.15. The number of benzene rings is 2. The number of sulfonamides is 1. The number of ether oxygens (including phenoxy) is 1. The third-order valence-corrected chi connectivity index (χ3v) is 7.57. The van der Waals surface area contributed by atoms with E-state index >= 15 is 0 Å². The summed E-state index contributed by atoms with van der Waals surface area (Å²) in [6, 6.07) is 11.7. The summed E-state index contributed by atoms with van der Waals surface area (Å²) in [5, 5.41) is 3.25. The van der Waals surface area contributed by atoms with Gasteiger partial charge < -0.3 is 4.74 Å². The van der Waals surface area contributed by atoms with E-state index in [1.807, 2.05) is 25.1 Å². The summed E-state index contributed by atoms with van der Waals surface area (Å²) in [6.07, 6.45) is 1.76. The number of hydrogen-bond acceptors (Lipinski definition) is 6. The van der Waals surface area contributed by atoms with Crippen LogP contribution in [0.4, 0.5) is 5.13 Å². The highest BCUT2D eigenvalue weighted by Crippen LogP contribution is 2.32. The third-order valence-electron chi connectivity index (χ3n) is 4.72. The molecule has 152 valence electrons. The Morgan fingerprint density at radius 2 is 1.90 bits per heavy atom. The fourth-order valence-electron chi connectivity index (χ4n) is 3.27. The van der Waals surface area contributed by atoms with Crippen LogP contribution in [0.3, 0.4) is 0 Å². The minimum absolute atomic E-state index is 0.206. The van der Waals surface area contributed by atoms with E-state index in [0.29, 0.717) is 41.7 Å². The Balaban J connectivity index is 1.52. The molecule has 0 atom stereocenters. The summed E-state index contributed by atoms with van der Waals surface area (Å²) < 4.78 is 33.2. The van der Waals surface area contributed by atoms with E-state index in [-0.39, 0.29) is 10.8 Å². The average Bonchev–Trinajstić information content (AvgIpc) is 3.39. The van der Waals surface area contributed by atoms with E-state index in [1.54, 1.807) is 0 Å². The number of thiazole rings is 1. The molecule has 1 aromatic heterocycles. The van der Waals surface area contributed by atoms with Gasteiger partial charge in [0.25, 0.3) is 5.91 Å². The second-order valence-electron chi connectivity index (χ2n) is 6.64. The molecule has 0 saturated carbocycles. The summed E-state index contributed by atoms with van der Waals surface area (Å²) in [7, 11) is -3.49. The van der Waals surface area contributed by atoms with Crippen LogP contribution < -0.4 is 10.1 Å². The fourth-order valence-corrected chi connectivity index (χ4v) is 5.67. The molecular weight excluding hydrogens is 410 g/mol. The van der Waals surface area contributed by atoms with E-state index in [2.05, 4.69) is 10.3 Å². The Hall–Kier alpha value is -2.49. The lowest BCUT2D eigenvalue weighted by atomic mass is 10.2. The Morgan fingerprint density at radius 1 is 1.17 bits per heavy atom. The second-order valence-corrected chi connectivity index (χ2v) is 9.61. The number of fused-ring (bicyclic) bond motifs is 1. The first-order valence-corrected chi connectivity index (χ1v) is 11.7. The van der Waals surface area contributed by atoms with Gasteiger partial charge in [0.05, 0.1) is 16.2 Å². The van der Waals surface area contributed by atoms with Gasteiger partial charge in [0, 0.05) is 18.7 Å². The number of nitrogens with zero attached hydrogens (tertiary/aromatic N) is 2. The Kier molecular flexibility index (Phi) is 5.53. The number of aromatic nitrogens is 1. The number of hydrogen-bond donors (Lipinski definition) is 1. The highest BCUT2D eigenvalue weighted by molar-refractivity contribution is 7.89. The van der Waals surface area contributed by atoms with Gasteiger partial charge in [-0.2, -0.15) is 4.31 Å².